The molecule has 2 N–H and O–H groups in total. The third-order valence-electron chi connectivity index (χ3n) is 6.33. The van der Waals surface area contributed by atoms with Gasteiger partial charge in [0.1, 0.15) is 11.3 Å². The van der Waals surface area contributed by atoms with Gasteiger partial charge in [-0.15, -0.1) is 12.6 Å². The second-order valence-electron chi connectivity index (χ2n) is 8.71. The number of nitrogens with one attached hydrogen (secondary N) is 1. The van der Waals surface area contributed by atoms with E-state index < -0.39 is 27.2 Å². The number of carbonyl (C=O) groups is 1. The fourth-order valence-electron chi connectivity index (χ4n) is 4.35. The zero-order valence-corrected chi connectivity index (χ0v) is 19.9. The molecule has 2 aliphatic rings. The van der Waals surface area contributed by atoms with Crippen LogP contribution in [-0.2, 0) is 15.6 Å². The number of rotatable bonds is 4. The van der Waals surface area contributed by atoms with Gasteiger partial charge in [-0.2, -0.15) is 0 Å². The number of aromatic nitrogens is 2. The summed E-state index contributed by atoms with van der Waals surface area (Å²) >= 11 is 4.30. The quantitative estimate of drug-likeness (QED) is 0.471. The van der Waals surface area contributed by atoms with E-state index in [-0.39, 0.29) is 35.1 Å². The number of carbonyl (C=O) groups excluding carboxylic acids is 1. The fourth-order valence-corrected chi connectivity index (χ4v) is 6.14. The topological polar surface area (TPSA) is 112 Å². The van der Waals surface area contributed by atoms with E-state index in [0.717, 1.165) is 12.0 Å². The molecule has 2 aromatic heterocycles. The molecular formula is C23H23FN4O4S2. The highest BCUT2D eigenvalue weighted by molar-refractivity contribution is 7.92. The van der Waals surface area contributed by atoms with Gasteiger partial charge >= 0.3 is 0 Å². The second-order valence-corrected chi connectivity index (χ2v) is 11.2. The lowest BCUT2D eigenvalue weighted by Crippen LogP contribution is -2.37. The number of hydrogen-bond donors (Lipinski definition) is 3. The highest BCUT2D eigenvalue weighted by Gasteiger charge is 2.46. The Morgan fingerprint density at radius 1 is 1.18 bits per heavy atom. The van der Waals surface area contributed by atoms with E-state index in [4.69, 9.17) is 0 Å². The molecule has 3 aromatic rings. The molecule has 1 saturated carbocycles. The first kappa shape index (κ1) is 22.9. The van der Waals surface area contributed by atoms with Crippen molar-refractivity contribution >= 4 is 45.3 Å². The summed E-state index contributed by atoms with van der Waals surface area (Å²) in [5, 5.41) is 14.1. The van der Waals surface area contributed by atoms with Gasteiger partial charge < -0.3 is 10.4 Å². The Kier molecular flexibility index (Phi) is 5.64. The molecule has 0 atom stereocenters. The Hall–Kier alpha value is -2.92. The number of hydrogen-bond acceptors (Lipinski definition) is 7. The van der Waals surface area contributed by atoms with Crippen LogP contribution in [0.25, 0.3) is 10.9 Å². The van der Waals surface area contributed by atoms with Gasteiger partial charge in [-0.25, -0.2) is 17.8 Å². The summed E-state index contributed by atoms with van der Waals surface area (Å²) in [6.07, 6.45) is 4.65. The molecule has 0 radical (unpaired) electrons. The zero-order chi connectivity index (χ0) is 24.1. The summed E-state index contributed by atoms with van der Waals surface area (Å²) in [6.45, 7) is 0.215. The van der Waals surface area contributed by atoms with Crippen LogP contribution < -0.4 is 9.62 Å². The van der Waals surface area contributed by atoms with Crippen LogP contribution in [0.15, 0.2) is 41.4 Å². The highest BCUT2D eigenvalue weighted by Crippen LogP contribution is 2.46. The molecule has 8 nitrogen and oxygen atoms in total. The molecule has 1 aliphatic heterocycles. The number of thiol groups is 1. The number of aromatic hydroxyl groups is 1. The smallest absolute Gasteiger partial charge is 0.274 e. The minimum absolute atomic E-state index is 0.0275. The van der Waals surface area contributed by atoms with Crippen molar-refractivity contribution in [2.75, 3.05) is 16.6 Å². The molecular weight excluding hydrogens is 479 g/mol. The number of amides is 1. The van der Waals surface area contributed by atoms with Crippen LogP contribution in [0.1, 0.15) is 48.2 Å². The lowest BCUT2D eigenvalue weighted by atomic mass is 10.0. The Balaban J connectivity index is 1.60. The molecule has 11 heteroatoms. The first-order valence-electron chi connectivity index (χ1n) is 11.0. The molecule has 5 rings (SSSR count). The third-order valence-corrected chi connectivity index (χ3v) is 8.41. The van der Waals surface area contributed by atoms with Crippen LogP contribution in [0.4, 0.5) is 10.2 Å². The van der Waals surface area contributed by atoms with Crippen LogP contribution >= 0.6 is 12.6 Å². The van der Waals surface area contributed by atoms with Crippen LogP contribution in [0.5, 0.6) is 5.75 Å². The van der Waals surface area contributed by atoms with Gasteiger partial charge in [-0.3, -0.25) is 14.1 Å². The number of nitrogens with zero attached hydrogens (tertiary/aromatic N) is 3. The summed E-state index contributed by atoms with van der Waals surface area (Å²) in [7, 11) is -3.67. The average Bonchev–Trinajstić information content (AvgIpc) is 3.59. The summed E-state index contributed by atoms with van der Waals surface area (Å²) in [6, 6.07) is 7.46. The molecule has 1 amide bonds. The maximum atomic E-state index is 13.4. The van der Waals surface area contributed by atoms with Gasteiger partial charge in [0.2, 0.25) is 10.0 Å². The molecule has 0 bridgehead atoms. The molecule has 1 aliphatic carbocycles. The molecule has 3 heterocycles. The van der Waals surface area contributed by atoms with Crippen molar-refractivity contribution in [2.24, 2.45) is 0 Å². The fraction of sp³-hybridized carbons (Fsp3) is 0.348. The summed E-state index contributed by atoms with van der Waals surface area (Å²) in [4.78, 5) is 22.4. The SMILES string of the molecule is O=C(NC1(c2ccc(F)cc2)CC1)c1nc(N2CCCCCS2(=O)=O)c2cc(S)cnc2c1O. The van der Waals surface area contributed by atoms with E-state index >= 15 is 0 Å². The van der Waals surface area contributed by atoms with Crippen molar-refractivity contribution in [1.29, 1.82) is 0 Å². The summed E-state index contributed by atoms with van der Waals surface area (Å²) < 4.78 is 40.6. The largest absolute Gasteiger partial charge is 0.504 e. The van der Waals surface area contributed by atoms with E-state index in [2.05, 4.69) is 27.9 Å². The van der Waals surface area contributed by atoms with Gasteiger partial charge in [0, 0.05) is 23.0 Å². The first-order valence-corrected chi connectivity index (χ1v) is 13.1. The van der Waals surface area contributed by atoms with E-state index in [1.165, 1.54) is 22.6 Å². The number of pyridine rings is 2. The average molecular weight is 503 g/mol. The molecule has 0 unspecified atom stereocenters. The molecule has 1 aromatic carbocycles. The Labute approximate surface area is 201 Å². The van der Waals surface area contributed by atoms with E-state index in [1.54, 1.807) is 18.2 Å². The Morgan fingerprint density at radius 3 is 2.62 bits per heavy atom. The summed E-state index contributed by atoms with van der Waals surface area (Å²) in [5.74, 6) is -1.45. The van der Waals surface area contributed by atoms with Crippen molar-refractivity contribution in [3.63, 3.8) is 0 Å². The lowest BCUT2D eigenvalue weighted by molar-refractivity contribution is 0.0923. The molecule has 0 spiro atoms. The number of anilines is 1. The van der Waals surface area contributed by atoms with Crippen molar-refractivity contribution in [1.82, 2.24) is 15.3 Å². The maximum absolute atomic E-state index is 13.4. The lowest BCUT2D eigenvalue weighted by Gasteiger charge is -2.24. The number of sulfonamides is 1. The van der Waals surface area contributed by atoms with E-state index in [1.807, 2.05) is 0 Å². The number of benzene rings is 1. The van der Waals surface area contributed by atoms with Gasteiger partial charge in [-0.05, 0) is 49.4 Å². The minimum atomic E-state index is -3.67. The number of halogens is 1. The minimum Gasteiger partial charge on any atom is -0.504 e. The Morgan fingerprint density at radius 2 is 1.91 bits per heavy atom. The molecule has 2 fully saturated rings. The van der Waals surface area contributed by atoms with Gasteiger partial charge in [0.05, 0.1) is 11.3 Å². The van der Waals surface area contributed by atoms with Crippen molar-refractivity contribution < 1.29 is 22.7 Å². The summed E-state index contributed by atoms with van der Waals surface area (Å²) in [5.41, 5.74) is -0.185. The third kappa shape index (κ3) is 4.07. The highest BCUT2D eigenvalue weighted by atomic mass is 32.2. The number of fused-ring (bicyclic) bond motifs is 1. The van der Waals surface area contributed by atoms with Gasteiger partial charge in [0.15, 0.2) is 17.3 Å². The van der Waals surface area contributed by atoms with E-state index in [0.29, 0.717) is 36.0 Å². The van der Waals surface area contributed by atoms with Gasteiger partial charge in [0.25, 0.3) is 5.91 Å². The standard InChI is InChI=1S/C23H23FN4O4S2/c24-15-6-4-14(5-7-15)23(8-9-23)27-22(30)19-20(29)18-17(12-16(33)13-25-18)21(26-19)28-10-2-1-3-11-34(28,31)32/h4-7,12-13,29,33H,1-3,8-11H2,(H,27,30). The van der Waals surface area contributed by atoms with Gasteiger partial charge in [-0.1, -0.05) is 18.6 Å². The predicted octanol–water partition coefficient (Wildman–Crippen LogP) is 3.50. The van der Waals surface area contributed by atoms with Crippen LogP contribution in [-0.4, -0.2) is 41.7 Å². The van der Waals surface area contributed by atoms with Crippen molar-refractivity contribution in [3.8, 4) is 5.75 Å². The first-order chi connectivity index (χ1) is 16.2. The zero-order valence-electron chi connectivity index (χ0n) is 18.2. The second kappa shape index (κ2) is 8.38. The van der Waals surface area contributed by atoms with E-state index in [9.17, 15) is 22.7 Å². The monoisotopic (exact) mass is 502 g/mol. The predicted molar refractivity (Wildman–Crippen MR) is 128 cm³/mol. The van der Waals surface area contributed by atoms with Crippen LogP contribution in [0.3, 0.4) is 0 Å². The molecule has 34 heavy (non-hydrogen) atoms. The van der Waals surface area contributed by atoms with Crippen LogP contribution in [0.2, 0.25) is 0 Å². The van der Waals surface area contributed by atoms with Crippen molar-refractivity contribution in [3.05, 3.63) is 53.6 Å². The van der Waals surface area contributed by atoms with Crippen LogP contribution in [0, 0.1) is 5.82 Å². The maximum Gasteiger partial charge on any atom is 0.274 e. The normalized spacial score (nSPS) is 18.9. The Bertz CT molecular complexity index is 1390. The molecule has 178 valence electrons. The molecule has 1 saturated heterocycles. The van der Waals surface area contributed by atoms with Crippen molar-refractivity contribution in [2.45, 2.75) is 42.5 Å².